The topological polar surface area (TPSA) is 70.7 Å². The van der Waals surface area contributed by atoms with Gasteiger partial charge in [0.05, 0.1) is 5.69 Å². The zero-order chi connectivity index (χ0) is 18.8. The third-order valence-electron chi connectivity index (χ3n) is 4.60. The lowest BCUT2D eigenvalue weighted by Crippen LogP contribution is -2.29. The average Bonchev–Trinajstić information content (AvgIpc) is 3.30. The summed E-state index contributed by atoms with van der Waals surface area (Å²) in [5, 5.41) is 8.73. The Morgan fingerprint density at radius 3 is 2.74 bits per heavy atom. The Kier molecular flexibility index (Phi) is 4.92. The van der Waals surface area contributed by atoms with E-state index < -0.39 is 0 Å². The van der Waals surface area contributed by atoms with Gasteiger partial charge in [-0.05, 0) is 41.7 Å². The predicted molar refractivity (Wildman–Crippen MR) is 109 cm³/mol. The van der Waals surface area contributed by atoms with E-state index in [9.17, 15) is 4.79 Å². The number of aromatic nitrogens is 3. The van der Waals surface area contributed by atoms with Crippen LogP contribution in [0.2, 0.25) is 5.02 Å². The highest BCUT2D eigenvalue weighted by Crippen LogP contribution is 2.34. The van der Waals surface area contributed by atoms with Crippen molar-refractivity contribution >= 4 is 39.9 Å². The third kappa shape index (κ3) is 3.46. The van der Waals surface area contributed by atoms with Gasteiger partial charge in [-0.25, -0.2) is 0 Å². The largest absolute Gasteiger partial charge is 0.361 e. The Hall–Kier alpha value is -2.70. The SMILES string of the molecule is Cc1nnsc1C(=O)NCC(c1ccccc1Cl)c1c[nH]c2ccccc12. The molecule has 27 heavy (non-hydrogen) atoms. The van der Waals surface area contributed by atoms with Gasteiger partial charge in [-0.1, -0.05) is 52.5 Å². The van der Waals surface area contributed by atoms with E-state index >= 15 is 0 Å². The number of rotatable bonds is 5. The number of para-hydroxylation sites is 1. The highest BCUT2D eigenvalue weighted by molar-refractivity contribution is 7.08. The van der Waals surface area contributed by atoms with Crippen LogP contribution in [-0.4, -0.2) is 27.0 Å². The molecule has 1 unspecified atom stereocenters. The summed E-state index contributed by atoms with van der Waals surface area (Å²) in [5.74, 6) is -0.251. The van der Waals surface area contributed by atoms with Crippen LogP contribution in [0.4, 0.5) is 0 Å². The Morgan fingerprint density at radius 2 is 1.96 bits per heavy atom. The number of aromatic amines is 1. The molecule has 136 valence electrons. The molecule has 0 aliphatic heterocycles. The summed E-state index contributed by atoms with van der Waals surface area (Å²) < 4.78 is 3.84. The molecule has 2 aromatic carbocycles. The van der Waals surface area contributed by atoms with Crippen molar-refractivity contribution in [3.63, 3.8) is 0 Å². The molecule has 2 aromatic heterocycles. The van der Waals surface area contributed by atoms with Gasteiger partial charge in [0.1, 0.15) is 4.88 Å². The van der Waals surface area contributed by atoms with E-state index in [0.29, 0.717) is 22.1 Å². The summed E-state index contributed by atoms with van der Waals surface area (Å²) in [6, 6.07) is 15.9. The van der Waals surface area contributed by atoms with Crippen LogP contribution in [0.5, 0.6) is 0 Å². The molecule has 0 radical (unpaired) electrons. The summed E-state index contributed by atoms with van der Waals surface area (Å²) in [6.45, 7) is 2.20. The molecule has 0 bridgehead atoms. The third-order valence-corrected chi connectivity index (χ3v) is 5.77. The van der Waals surface area contributed by atoms with E-state index in [1.54, 1.807) is 6.92 Å². The van der Waals surface area contributed by atoms with Gasteiger partial charge < -0.3 is 10.3 Å². The van der Waals surface area contributed by atoms with Crippen molar-refractivity contribution in [1.29, 1.82) is 0 Å². The molecule has 4 aromatic rings. The lowest BCUT2D eigenvalue weighted by molar-refractivity contribution is 0.0955. The number of aryl methyl sites for hydroxylation is 1. The minimum absolute atomic E-state index is 0.0833. The van der Waals surface area contributed by atoms with Crippen LogP contribution < -0.4 is 5.32 Å². The van der Waals surface area contributed by atoms with Gasteiger partial charge in [-0.15, -0.1) is 5.10 Å². The number of carbonyl (C=O) groups excluding carboxylic acids is 1. The first kappa shape index (κ1) is 17.7. The van der Waals surface area contributed by atoms with Gasteiger partial charge in [0, 0.05) is 34.6 Å². The van der Waals surface area contributed by atoms with Crippen LogP contribution in [0.1, 0.15) is 32.4 Å². The minimum atomic E-state index is -0.167. The Balaban J connectivity index is 1.70. The van der Waals surface area contributed by atoms with Crippen molar-refractivity contribution in [3.8, 4) is 0 Å². The number of fused-ring (bicyclic) bond motifs is 1. The molecule has 0 aliphatic carbocycles. The molecule has 4 rings (SSSR count). The normalized spacial score (nSPS) is 12.2. The van der Waals surface area contributed by atoms with Crippen molar-refractivity contribution in [2.24, 2.45) is 0 Å². The zero-order valence-corrected chi connectivity index (χ0v) is 16.1. The average molecular weight is 397 g/mol. The van der Waals surface area contributed by atoms with E-state index in [-0.39, 0.29) is 11.8 Å². The van der Waals surface area contributed by atoms with Gasteiger partial charge >= 0.3 is 0 Å². The predicted octanol–water partition coefficient (Wildman–Crippen LogP) is 4.54. The van der Waals surface area contributed by atoms with E-state index in [1.807, 2.05) is 48.7 Å². The number of benzene rings is 2. The molecule has 2 N–H and O–H groups in total. The standard InChI is InChI=1S/C20H17ClN4OS/c1-12-19(27-25-24-12)20(26)23-11-15(13-6-2-4-8-17(13)21)16-10-22-18-9-5-3-7-14(16)18/h2-10,15,22H,11H2,1H3,(H,23,26). The van der Waals surface area contributed by atoms with Gasteiger partial charge in [0.15, 0.2) is 0 Å². The maximum absolute atomic E-state index is 12.6. The summed E-state index contributed by atoms with van der Waals surface area (Å²) in [7, 11) is 0. The van der Waals surface area contributed by atoms with Crippen LogP contribution in [0.15, 0.2) is 54.7 Å². The van der Waals surface area contributed by atoms with Gasteiger partial charge in [0.2, 0.25) is 0 Å². The molecular formula is C20H17ClN4OS. The summed E-state index contributed by atoms with van der Waals surface area (Å²) in [4.78, 5) is 16.4. The number of halogens is 1. The van der Waals surface area contributed by atoms with Crippen molar-refractivity contribution in [2.75, 3.05) is 6.54 Å². The highest BCUT2D eigenvalue weighted by atomic mass is 35.5. The van der Waals surface area contributed by atoms with Gasteiger partial charge in [-0.3, -0.25) is 4.79 Å². The number of hydrogen-bond acceptors (Lipinski definition) is 4. The van der Waals surface area contributed by atoms with E-state index in [1.165, 1.54) is 0 Å². The zero-order valence-electron chi connectivity index (χ0n) is 14.6. The van der Waals surface area contributed by atoms with Crippen LogP contribution in [-0.2, 0) is 0 Å². The molecule has 7 heteroatoms. The smallest absolute Gasteiger partial charge is 0.264 e. The molecule has 0 saturated carbocycles. The maximum Gasteiger partial charge on any atom is 0.264 e. The monoisotopic (exact) mass is 396 g/mol. The number of nitrogens with one attached hydrogen (secondary N) is 2. The van der Waals surface area contributed by atoms with Crippen molar-refractivity contribution in [3.05, 3.63) is 81.4 Å². The fourth-order valence-corrected chi connectivity index (χ4v) is 4.08. The van der Waals surface area contributed by atoms with Crippen LogP contribution in [0.3, 0.4) is 0 Å². The summed E-state index contributed by atoms with van der Waals surface area (Å²) >= 11 is 7.59. The maximum atomic E-state index is 12.6. The number of amides is 1. The second kappa shape index (κ2) is 7.50. The highest BCUT2D eigenvalue weighted by Gasteiger charge is 2.22. The van der Waals surface area contributed by atoms with Crippen LogP contribution in [0, 0.1) is 6.92 Å². The lowest BCUT2D eigenvalue weighted by atomic mass is 9.90. The van der Waals surface area contributed by atoms with Gasteiger partial charge in [0.25, 0.3) is 5.91 Å². The fraction of sp³-hybridized carbons (Fsp3) is 0.150. The first-order chi connectivity index (χ1) is 13.1. The van der Waals surface area contributed by atoms with Crippen molar-refractivity contribution in [2.45, 2.75) is 12.8 Å². The second-order valence-corrected chi connectivity index (χ2v) is 7.42. The lowest BCUT2D eigenvalue weighted by Gasteiger charge is -2.19. The number of nitrogens with zero attached hydrogens (tertiary/aromatic N) is 2. The number of H-pyrrole nitrogens is 1. The molecule has 1 amide bonds. The van der Waals surface area contributed by atoms with E-state index in [4.69, 9.17) is 11.6 Å². The molecule has 2 heterocycles. The van der Waals surface area contributed by atoms with Crippen molar-refractivity contribution in [1.82, 2.24) is 19.9 Å². The quantitative estimate of drug-likeness (QED) is 0.520. The molecule has 1 atom stereocenters. The Morgan fingerprint density at radius 1 is 1.19 bits per heavy atom. The first-order valence-electron chi connectivity index (χ1n) is 8.52. The number of hydrogen-bond donors (Lipinski definition) is 2. The fourth-order valence-electron chi connectivity index (χ4n) is 3.24. The van der Waals surface area contributed by atoms with Gasteiger partial charge in [-0.2, -0.15) is 0 Å². The summed E-state index contributed by atoms with van der Waals surface area (Å²) in [5.41, 5.74) is 3.76. The Bertz CT molecular complexity index is 1100. The van der Waals surface area contributed by atoms with E-state index in [2.05, 4.69) is 26.0 Å². The molecule has 0 aliphatic rings. The first-order valence-corrected chi connectivity index (χ1v) is 9.68. The second-order valence-electron chi connectivity index (χ2n) is 6.26. The Labute approximate surface area is 165 Å². The van der Waals surface area contributed by atoms with Crippen LogP contribution in [0.25, 0.3) is 10.9 Å². The van der Waals surface area contributed by atoms with Crippen molar-refractivity contribution < 1.29 is 4.79 Å². The number of carbonyl (C=O) groups is 1. The molecular weight excluding hydrogens is 380 g/mol. The molecule has 0 saturated heterocycles. The minimum Gasteiger partial charge on any atom is -0.361 e. The van der Waals surface area contributed by atoms with Crippen LogP contribution >= 0.6 is 23.1 Å². The van der Waals surface area contributed by atoms with E-state index in [0.717, 1.165) is 33.6 Å². The molecule has 5 nitrogen and oxygen atoms in total. The molecule has 0 spiro atoms. The molecule has 0 fully saturated rings. The summed E-state index contributed by atoms with van der Waals surface area (Å²) in [6.07, 6.45) is 1.99.